The van der Waals surface area contributed by atoms with Crippen LogP contribution in [0.25, 0.3) is 0 Å². The third kappa shape index (κ3) is 4.22. The van der Waals surface area contributed by atoms with Gasteiger partial charge < -0.3 is 10.1 Å². The average molecular weight is 278 g/mol. The highest BCUT2D eigenvalue weighted by Crippen LogP contribution is 2.14. The number of rotatable bonds is 5. The Morgan fingerprint density at radius 3 is 2.68 bits per heavy atom. The van der Waals surface area contributed by atoms with Crippen molar-refractivity contribution in [1.29, 1.82) is 0 Å². The Morgan fingerprint density at radius 1 is 1.21 bits per heavy atom. The first-order chi connectivity index (χ1) is 9.25. The number of carbonyl (C=O) groups excluding carboxylic acids is 1. The molecule has 0 fully saturated rings. The molecule has 1 aromatic heterocycles. The molecule has 0 bridgehead atoms. The Morgan fingerprint density at radius 2 is 1.95 bits per heavy atom. The summed E-state index contributed by atoms with van der Waals surface area (Å²) in [6.07, 6.45) is 3.13. The second-order valence-corrected chi connectivity index (χ2v) is 4.01. The van der Waals surface area contributed by atoms with Crippen molar-refractivity contribution in [3.8, 4) is 5.75 Å². The summed E-state index contributed by atoms with van der Waals surface area (Å²) in [5, 5.41) is 2.74. The number of hydrogen-bond acceptors (Lipinski definition) is 4. The van der Waals surface area contributed by atoms with Gasteiger partial charge in [0.05, 0.1) is 13.0 Å². The number of nitrogens with one attached hydrogen (secondary N) is 1. The van der Waals surface area contributed by atoms with E-state index >= 15 is 0 Å². The average Bonchev–Trinajstić information content (AvgIpc) is 2.43. The molecule has 1 heterocycles. The molecule has 0 aliphatic carbocycles. The first kappa shape index (κ1) is 13.3. The number of amides is 1. The minimum Gasteiger partial charge on any atom is -0.493 e. The predicted molar refractivity (Wildman–Crippen MR) is 72.2 cm³/mol. The Hall–Kier alpha value is -2.14. The van der Waals surface area contributed by atoms with Crippen LogP contribution in [0.2, 0.25) is 5.15 Å². The van der Waals surface area contributed by atoms with E-state index in [9.17, 15) is 4.79 Å². The molecular formula is C13H12ClN3O2. The summed E-state index contributed by atoms with van der Waals surface area (Å²) in [6.45, 7) is 0.285. The number of halogens is 1. The zero-order valence-corrected chi connectivity index (χ0v) is 10.8. The molecule has 0 aliphatic heterocycles. The fraction of sp³-hybridized carbons (Fsp3) is 0.154. The van der Waals surface area contributed by atoms with E-state index in [0.29, 0.717) is 0 Å². The Labute approximate surface area is 115 Å². The summed E-state index contributed by atoms with van der Waals surface area (Å²) >= 11 is 5.78. The standard InChI is InChI=1S/C13H12ClN3O2/c14-12-13(16-8-7-15-12)17-11(18)6-9-19-10-4-2-1-3-5-10/h1-5,7-8H,6,9H2,(H,16,17,18). The van der Waals surface area contributed by atoms with Crippen LogP contribution in [0, 0.1) is 0 Å². The van der Waals surface area contributed by atoms with Crippen LogP contribution in [0.4, 0.5) is 5.82 Å². The number of para-hydroxylation sites is 1. The van der Waals surface area contributed by atoms with E-state index < -0.39 is 0 Å². The van der Waals surface area contributed by atoms with Crippen LogP contribution in [0.3, 0.4) is 0 Å². The van der Waals surface area contributed by atoms with Crippen molar-refractivity contribution >= 4 is 23.3 Å². The van der Waals surface area contributed by atoms with Gasteiger partial charge in [-0.1, -0.05) is 29.8 Å². The highest BCUT2D eigenvalue weighted by atomic mass is 35.5. The lowest BCUT2D eigenvalue weighted by Crippen LogP contribution is -2.16. The van der Waals surface area contributed by atoms with Gasteiger partial charge in [-0.05, 0) is 12.1 Å². The maximum absolute atomic E-state index is 11.6. The van der Waals surface area contributed by atoms with Crippen molar-refractivity contribution in [3.05, 3.63) is 47.9 Å². The van der Waals surface area contributed by atoms with Crippen LogP contribution in [0.5, 0.6) is 5.75 Å². The molecule has 6 heteroatoms. The summed E-state index contributed by atoms with van der Waals surface area (Å²) < 4.78 is 5.41. The first-order valence-corrected chi connectivity index (χ1v) is 6.08. The van der Waals surface area contributed by atoms with E-state index in [2.05, 4.69) is 15.3 Å². The van der Waals surface area contributed by atoms with E-state index in [4.69, 9.17) is 16.3 Å². The highest BCUT2D eigenvalue weighted by molar-refractivity contribution is 6.32. The lowest BCUT2D eigenvalue weighted by molar-refractivity contribution is -0.116. The summed E-state index contributed by atoms with van der Waals surface area (Å²) in [5.41, 5.74) is 0. The zero-order chi connectivity index (χ0) is 13.5. The number of anilines is 1. The Bertz CT molecular complexity index is 549. The van der Waals surface area contributed by atoms with Gasteiger partial charge in [-0.2, -0.15) is 0 Å². The van der Waals surface area contributed by atoms with Gasteiger partial charge >= 0.3 is 0 Å². The van der Waals surface area contributed by atoms with Crippen LogP contribution in [-0.2, 0) is 4.79 Å². The lowest BCUT2D eigenvalue weighted by atomic mass is 10.3. The van der Waals surface area contributed by atoms with Crippen LogP contribution >= 0.6 is 11.6 Å². The molecule has 0 saturated heterocycles. The van der Waals surface area contributed by atoms with Crippen LogP contribution < -0.4 is 10.1 Å². The number of aromatic nitrogens is 2. The van der Waals surface area contributed by atoms with Gasteiger partial charge in [-0.3, -0.25) is 4.79 Å². The molecule has 0 atom stereocenters. The molecule has 0 saturated carbocycles. The number of benzene rings is 1. The van der Waals surface area contributed by atoms with E-state index in [1.807, 2.05) is 30.3 Å². The predicted octanol–water partition coefficient (Wildman–Crippen LogP) is 2.54. The van der Waals surface area contributed by atoms with Crippen molar-refractivity contribution in [2.75, 3.05) is 11.9 Å². The van der Waals surface area contributed by atoms with Gasteiger partial charge in [0.1, 0.15) is 5.75 Å². The number of nitrogens with zero attached hydrogens (tertiary/aromatic N) is 2. The summed E-state index contributed by atoms with van der Waals surface area (Å²) in [4.78, 5) is 19.4. The monoisotopic (exact) mass is 277 g/mol. The summed E-state index contributed by atoms with van der Waals surface area (Å²) in [5.74, 6) is 0.764. The molecule has 2 aromatic rings. The molecular weight excluding hydrogens is 266 g/mol. The second kappa shape index (κ2) is 6.70. The minimum absolute atomic E-state index is 0.167. The van der Waals surface area contributed by atoms with Crippen molar-refractivity contribution in [2.24, 2.45) is 0 Å². The van der Waals surface area contributed by atoms with Gasteiger partial charge in [0, 0.05) is 12.4 Å². The van der Waals surface area contributed by atoms with E-state index in [1.54, 1.807) is 0 Å². The van der Waals surface area contributed by atoms with Crippen molar-refractivity contribution < 1.29 is 9.53 Å². The molecule has 0 unspecified atom stereocenters. The van der Waals surface area contributed by atoms with E-state index in [0.717, 1.165) is 5.75 Å². The topological polar surface area (TPSA) is 64.1 Å². The zero-order valence-electron chi connectivity index (χ0n) is 10.0. The Balaban J connectivity index is 1.78. The summed E-state index contributed by atoms with van der Waals surface area (Å²) in [7, 11) is 0. The molecule has 19 heavy (non-hydrogen) atoms. The van der Waals surface area contributed by atoms with Crippen LogP contribution in [0.1, 0.15) is 6.42 Å². The van der Waals surface area contributed by atoms with Crippen LogP contribution in [0.15, 0.2) is 42.7 Å². The normalized spacial score (nSPS) is 9.95. The van der Waals surface area contributed by atoms with Gasteiger partial charge in [0.25, 0.3) is 0 Å². The minimum atomic E-state index is -0.224. The van der Waals surface area contributed by atoms with Gasteiger partial charge in [-0.15, -0.1) is 0 Å². The fourth-order valence-corrected chi connectivity index (χ4v) is 1.53. The molecule has 1 aromatic carbocycles. The smallest absolute Gasteiger partial charge is 0.229 e. The first-order valence-electron chi connectivity index (χ1n) is 5.70. The molecule has 0 spiro atoms. The second-order valence-electron chi connectivity index (χ2n) is 3.66. The van der Waals surface area contributed by atoms with Crippen molar-refractivity contribution in [2.45, 2.75) is 6.42 Å². The quantitative estimate of drug-likeness (QED) is 0.912. The molecule has 1 N–H and O–H groups in total. The Kier molecular flexibility index (Phi) is 4.69. The molecule has 2 rings (SSSR count). The third-order valence-electron chi connectivity index (χ3n) is 2.25. The SMILES string of the molecule is O=C(CCOc1ccccc1)Nc1nccnc1Cl. The van der Waals surface area contributed by atoms with Gasteiger partial charge in [0.15, 0.2) is 11.0 Å². The fourth-order valence-electron chi connectivity index (χ4n) is 1.38. The van der Waals surface area contributed by atoms with Crippen molar-refractivity contribution in [1.82, 2.24) is 9.97 Å². The summed E-state index contributed by atoms with van der Waals surface area (Å²) in [6, 6.07) is 9.30. The van der Waals surface area contributed by atoms with E-state index in [1.165, 1.54) is 12.4 Å². The molecule has 98 valence electrons. The largest absolute Gasteiger partial charge is 0.493 e. The molecule has 0 aliphatic rings. The van der Waals surface area contributed by atoms with Gasteiger partial charge in [0.2, 0.25) is 5.91 Å². The lowest BCUT2D eigenvalue weighted by Gasteiger charge is -2.07. The van der Waals surface area contributed by atoms with Gasteiger partial charge in [-0.25, -0.2) is 9.97 Å². The maximum Gasteiger partial charge on any atom is 0.229 e. The van der Waals surface area contributed by atoms with E-state index in [-0.39, 0.29) is 29.9 Å². The number of hydrogen-bond donors (Lipinski definition) is 1. The number of carbonyl (C=O) groups is 1. The molecule has 0 radical (unpaired) electrons. The number of ether oxygens (including phenoxy) is 1. The van der Waals surface area contributed by atoms with Crippen molar-refractivity contribution in [3.63, 3.8) is 0 Å². The molecule has 1 amide bonds. The molecule has 5 nitrogen and oxygen atoms in total. The highest BCUT2D eigenvalue weighted by Gasteiger charge is 2.07. The maximum atomic E-state index is 11.6. The third-order valence-corrected chi connectivity index (χ3v) is 2.53. The van der Waals surface area contributed by atoms with Crippen LogP contribution in [-0.4, -0.2) is 22.5 Å².